The van der Waals surface area contributed by atoms with Gasteiger partial charge in [-0.2, -0.15) is 0 Å². The summed E-state index contributed by atoms with van der Waals surface area (Å²) in [6, 6.07) is 4.84. The van der Waals surface area contributed by atoms with Crippen LogP contribution >= 0.6 is 0 Å². The van der Waals surface area contributed by atoms with Gasteiger partial charge in [-0.3, -0.25) is 9.78 Å². The number of carbonyl (C=O) groups is 2. The zero-order valence-corrected chi connectivity index (χ0v) is 15.3. The number of hydrogen-bond acceptors (Lipinski definition) is 5. The molecule has 2 aliphatic rings. The number of carboxylic acid groups (broad SMARTS) is 1. The van der Waals surface area contributed by atoms with Crippen LogP contribution in [0.25, 0.3) is 16.7 Å². The Kier molecular flexibility index (Phi) is 4.19. The summed E-state index contributed by atoms with van der Waals surface area (Å²) < 4.78 is 4.95. The van der Waals surface area contributed by atoms with Gasteiger partial charge in [0.2, 0.25) is 5.91 Å². The number of H-pyrrole nitrogens is 1. The van der Waals surface area contributed by atoms with Crippen molar-refractivity contribution in [3.05, 3.63) is 40.0 Å². The number of carbonyl (C=O) groups excluding carboxylic acids is 2. The Morgan fingerprint density at radius 2 is 2.17 bits per heavy atom. The van der Waals surface area contributed by atoms with E-state index in [1.165, 1.54) is 4.90 Å². The number of amides is 1. The van der Waals surface area contributed by atoms with E-state index in [-0.39, 0.29) is 53.1 Å². The summed E-state index contributed by atoms with van der Waals surface area (Å²) in [5.41, 5.74) is 2.03. The van der Waals surface area contributed by atoms with Gasteiger partial charge in [-0.25, -0.2) is 4.79 Å². The minimum absolute atomic E-state index is 0. The van der Waals surface area contributed by atoms with Gasteiger partial charge in [0.25, 0.3) is 0 Å². The molecule has 1 unspecified atom stereocenters. The number of aromatic nitrogens is 1. The molecular formula is C16H13N2NaO5. The standard InChI is InChI=1S/C16H14N2O5.Na/c1-2-8-11-6-9(13(15(20)21)18(11)14(8)19)7-3-4-12-10(5-7)17-16(22)23-12;/h3-5,8,11H,2,6H2,1H3,(H,17,22)(H,20,21);/q;+1/p-1/t8-,11?;/m1./s1. The van der Waals surface area contributed by atoms with Gasteiger partial charge in [0.15, 0.2) is 5.58 Å². The van der Waals surface area contributed by atoms with Gasteiger partial charge in [-0.05, 0) is 36.1 Å². The normalized spacial score (nSPS) is 22.4. The van der Waals surface area contributed by atoms with E-state index in [0.717, 1.165) is 0 Å². The number of aliphatic carboxylic acids is 1. The summed E-state index contributed by atoms with van der Waals surface area (Å²) in [4.78, 5) is 38.8. The number of β-lactam (4-membered cyclic amide) rings is 1. The van der Waals surface area contributed by atoms with E-state index in [0.29, 0.717) is 35.1 Å². The molecule has 2 aromatic rings. The minimum atomic E-state index is -1.36. The predicted molar refractivity (Wildman–Crippen MR) is 77.8 cm³/mol. The van der Waals surface area contributed by atoms with Gasteiger partial charge in [0, 0.05) is 0 Å². The molecule has 2 atom stereocenters. The second kappa shape index (κ2) is 5.91. The first-order chi connectivity index (χ1) is 11.0. The Morgan fingerprint density at radius 3 is 2.83 bits per heavy atom. The first-order valence-electron chi connectivity index (χ1n) is 7.42. The predicted octanol–water partition coefficient (Wildman–Crippen LogP) is -2.77. The molecule has 1 amide bonds. The van der Waals surface area contributed by atoms with Crippen LogP contribution in [0.1, 0.15) is 25.3 Å². The van der Waals surface area contributed by atoms with E-state index >= 15 is 0 Å². The molecule has 7 nitrogen and oxygen atoms in total. The van der Waals surface area contributed by atoms with Crippen LogP contribution in [0.4, 0.5) is 0 Å². The molecule has 1 aromatic carbocycles. The van der Waals surface area contributed by atoms with E-state index < -0.39 is 11.7 Å². The molecule has 2 aliphatic heterocycles. The number of rotatable bonds is 3. The smallest absolute Gasteiger partial charge is 0.543 e. The largest absolute Gasteiger partial charge is 1.00 e. The van der Waals surface area contributed by atoms with Crippen LogP contribution in [0.15, 0.2) is 33.1 Å². The van der Waals surface area contributed by atoms with Crippen molar-refractivity contribution in [2.24, 2.45) is 5.92 Å². The average Bonchev–Trinajstić information content (AvgIpc) is 3.04. The summed E-state index contributed by atoms with van der Waals surface area (Å²) in [5.74, 6) is -2.22. The van der Waals surface area contributed by atoms with Crippen LogP contribution in [0.3, 0.4) is 0 Å². The Balaban J connectivity index is 0.00000169. The monoisotopic (exact) mass is 336 g/mol. The molecular weight excluding hydrogens is 323 g/mol. The van der Waals surface area contributed by atoms with Crippen molar-refractivity contribution >= 4 is 28.5 Å². The van der Waals surface area contributed by atoms with Gasteiger partial charge in [-0.15, -0.1) is 0 Å². The van der Waals surface area contributed by atoms with Gasteiger partial charge in [-0.1, -0.05) is 13.0 Å². The third-order valence-corrected chi connectivity index (χ3v) is 4.69. The van der Waals surface area contributed by atoms with E-state index in [2.05, 4.69) is 4.98 Å². The van der Waals surface area contributed by atoms with Crippen molar-refractivity contribution in [3.63, 3.8) is 0 Å². The van der Waals surface area contributed by atoms with Crippen molar-refractivity contribution in [1.29, 1.82) is 0 Å². The Bertz CT molecular complexity index is 941. The second-order valence-electron chi connectivity index (χ2n) is 5.83. The minimum Gasteiger partial charge on any atom is -0.543 e. The van der Waals surface area contributed by atoms with Crippen molar-refractivity contribution in [2.75, 3.05) is 0 Å². The third-order valence-electron chi connectivity index (χ3n) is 4.69. The third kappa shape index (κ3) is 2.27. The van der Waals surface area contributed by atoms with Gasteiger partial charge in [0.05, 0.1) is 29.1 Å². The molecule has 1 saturated heterocycles. The van der Waals surface area contributed by atoms with Gasteiger partial charge in [0.1, 0.15) is 0 Å². The summed E-state index contributed by atoms with van der Waals surface area (Å²) in [6.45, 7) is 1.92. The number of fused-ring (bicyclic) bond motifs is 2. The number of nitrogens with zero attached hydrogens (tertiary/aromatic N) is 1. The van der Waals surface area contributed by atoms with Gasteiger partial charge < -0.3 is 19.2 Å². The fourth-order valence-electron chi connectivity index (χ4n) is 3.63. The van der Waals surface area contributed by atoms with Crippen LogP contribution in [-0.2, 0) is 9.59 Å². The number of carboxylic acids is 1. The fraction of sp³-hybridized carbons (Fsp3) is 0.312. The maximum absolute atomic E-state index is 12.1. The van der Waals surface area contributed by atoms with Crippen LogP contribution in [0.5, 0.6) is 0 Å². The maximum atomic E-state index is 12.1. The molecule has 0 spiro atoms. The number of oxazole rings is 1. The first kappa shape index (κ1) is 17.0. The van der Waals surface area contributed by atoms with Crippen LogP contribution < -0.4 is 40.4 Å². The quantitative estimate of drug-likeness (QED) is 0.482. The number of aromatic amines is 1. The van der Waals surface area contributed by atoms with Crippen molar-refractivity contribution in [3.8, 4) is 0 Å². The molecule has 0 bridgehead atoms. The zero-order chi connectivity index (χ0) is 16.3. The van der Waals surface area contributed by atoms with Crippen LogP contribution in [0.2, 0.25) is 0 Å². The van der Waals surface area contributed by atoms with E-state index in [1.54, 1.807) is 18.2 Å². The van der Waals surface area contributed by atoms with Crippen molar-refractivity contribution < 1.29 is 48.7 Å². The van der Waals surface area contributed by atoms with Gasteiger partial charge >= 0.3 is 35.3 Å². The summed E-state index contributed by atoms with van der Waals surface area (Å²) >= 11 is 0. The topological polar surface area (TPSA) is 106 Å². The molecule has 0 radical (unpaired) electrons. The summed E-state index contributed by atoms with van der Waals surface area (Å²) in [5, 5.41) is 11.5. The Morgan fingerprint density at radius 1 is 1.42 bits per heavy atom. The maximum Gasteiger partial charge on any atom is 1.00 e. The second-order valence-corrected chi connectivity index (χ2v) is 5.83. The average molecular weight is 336 g/mol. The molecule has 1 N–H and O–H groups in total. The first-order valence-corrected chi connectivity index (χ1v) is 7.42. The molecule has 0 aliphatic carbocycles. The molecule has 3 heterocycles. The Labute approximate surface area is 158 Å². The number of benzene rings is 1. The number of hydrogen-bond donors (Lipinski definition) is 1. The van der Waals surface area contributed by atoms with E-state index in [9.17, 15) is 19.5 Å². The van der Waals surface area contributed by atoms with Crippen LogP contribution in [-0.4, -0.2) is 27.8 Å². The van der Waals surface area contributed by atoms with E-state index in [1.807, 2.05) is 6.92 Å². The van der Waals surface area contributed by atoms with Crippen molar-refractivity contribution in [1.82, 2.24) is 9.88 Å². The molecule has 0 saturated carbocycles. The molecule has 118 valence electrons. The number of nitrogens with one attached hydrogen (secondary N) is 1. The Hall–Kier alpha value is -1.83. The van der Waals surface area contributed by atoms with E-state index in [4.69, 9.17) is 4.42 Å². The molecule has 4 rings (SSSR count). The fourth-order valence-corrected chi connectivity index (χ4v) is 3.63. The van der Waals surface area contributed by atoms with Crippen molar-refractivity contribution in [2.45, 2.75) is 25.8 Å². The zero-order valence-electron chi connectivity index (χ0n) is 13.3. The van der Waals surface area contributed by atoms with Crippen LogP contribution in [0, 0.1) is 5.92 Å². The summed E-state index contributed by atoms with van der Waals surface area (Å²) in [7, 11) is 0. The molecule has 1 aromatic heterocycles. The SMILES string of the molecule is CC[C@H]1C(=O)N2C(C(=O)[O-])=C(c3ccc4oc(=O)[nH]c4c3)CC12.[Na+]. The molecule has 8 heteroatoms. The summed E-state index contributed by atoms with van der Waals surface area (Å²) in [6.07, 6.45) is 1.16. The molecule has 24 heavy (non-hydrogen) atoms. The molecule has 1 fully saturated rings.